The first kappa shape index (κ1) is 15.6. The van der Waals surface area contributed by atoms with Gasteiger partial charge in [0.1, 0.15) is 0 Å². The number of unbranched alkanes of at least 4 members (excludes halogenated alkanes) is 2. The molecule has 0 fully saturated rings. The normalized spacial score (nSPS) is 12.3. The first-order valence-corrected chi connectivity index (χ1v) is 7.84. The highest BCUT2D eigenvalue weighted by atomic mass is 16.3. The number of hydrogen-bond acceptors (Lipinski definition) is 3. The molecule has 3 nitrogen and oxygen atoms in total. The zero-order valence-electron chi connectivity index (χ0n) is 12.9. The van der Waals surface area contributed by atoms with Gasteiger partial charge in [0.2, 0.25) is 0 Å². The number of aryl methyl sites for hydroxylation is 1. The van der Waals surface area contributed by atoms with Crippen molar-refractivity contribution in [3.8, 4) is 11.4 Å². The molecule has 0 spiro atoms. The Labute approximate surface area is 127 Å². The van der Waals surface area contributed by atoms with E-state index in [1.54, 1.807) is 0 Å². The van der Waals surface area contributed by atoms with Gasteiger partial charge in [0.05, 0.1) is 6.10 Å². The van der Waals surface area contributed by atoms with Crippen molar-refractivity contribution in [3.05, 3.63) is 47.8 Å². The number of rotatable bonds is 7. The van der Waals surface area contributed by atoms with Gasteiger partial charge in [-0.25, -0.2) is 9.97 Å². The Bertz CT molecular complexity index is 551. The first-order chi connectivity index (χ1) is 10.3. The monoisotopic (exact) mass is 284 g/mol. The molecule has 1 atom stereocenters. The number of aliphatic hydroxyl groups is 1. The molecule has 112 valence electrons. The Hall–Kier alpha value is -1.74. The molecule has 0 aliphatic heterocycles. The van der Waals surface area contributed by atoms with Gasteiger partial charge in [-0.05, 0) is 30.4 Å². The average Bonchev–Trinajstić information content (AvgIpc) is 2.55. The van der Waals surface area contributed by atoms with Crippen LogP contribution in [0.2, 0.25) is 0 Å². The largest absolute Gasteiger partial charge is 0.388 e. The van der Waals surface area contributed by atoms with E-state index in [1.807, 2.05) is 43.6 Å². The highest BCUT2D eigenvalue weighted by Gasteiger charge is 2.13. The minimum Gasteiger partial charge on any atom is -0.388 e. The number of benzene rings is 1. The number of nitrogens with zero attached hydrogens (tertiary/aromatic N) is 2. The van der Waals surface area contributed by atoms with E-state index in [0.29, 0.717) is 12.2 Å². The Kier molecular flexibility index (Phi) is 5.88. The maximum absolute atomic E-state index is 10.1. The summed E-state index contributed by atoms with van der Waals surface area (Å²) in [6.45, 7) is 4.18. The highest BCUT2D eigenvalue weighted by Crippen LogP contribution is 2.27. The van der Waals surface area contributed by atoms with Crippen LogP contribution in [0.15, 0.2) is 36.7 Å². The molecule has 1 heterocycles. The van der Waals surface area contributed by atoms with E-state index in [1.165, 1.54) is 24.8 Å². The molecule has 21 heavy (non-hydrogen) atoms. The van der Waals surface area contributed by atoms with Gasteiger partial charge >= 0.3 is 0 Å². The van der Waals surface area contributed by atoms with Crippen molar-refractivity contribution in [1.82, 2.24) is 9.97 Å². The maximum atomic E-state index is 10.1. The number of aliphatic hydroxyl groups excluding tert-OH is 1. The Morgan fingerprint density at radius 1 is 1.05 bits per heavy atom. The van der Waals surface area contributed by atoms with Crippen LogP contribution in [0.25, 0.3) is 11.4 Å². The molecule has 1 unspecified atom stereocenters. The van der Waals surface area contributed by atoms with Gasteiger partial charge in [-0.1, -0.05) is 51.0 Å². The number of aromatic nitrogens is 2. The summed E-state index contributed by atoms with van der Waals surface area (Å²) in [6.07, 6.45) is 8.73. The molecule has 1 aromatic heterocycles. The van der Waals surface area contributed by atoms with E-state index in [9.17, 15) is 5.11 Å². The van der Waals surface area contributed by atoms with Gasteiger partial charge in [-0.15, -0.1) is 0 Å². The fourth-order valence-electron chi connectivity index (χ4n) is 2.41. The van der Waals surface area contributed by atoms with E-state index in [4.69, 9.17) is 0 Å². The van der Waals surface area contributed by atoms with Gasteiger partial charge in [0.25, 0.3) is 0 Å². The Balaban J connectivity index is 2.19. The van der Waals surface area contributed by atoms with Crippen molar-refractivity contribution < 1.29 is 5.11 Å². The van der Waals surface area contributed by atoms with Crippen molar-refractivity contribution in [1.29, 1.82) is 0 Å². The van der Waals surface area contributed by atoms with E-state index in [-0.39, 0.29) is 0 Å². The summed E-state index contributed by atoms with van der Waals surface area (Å²) < 4.78 is 0. The van der Waals surface area contributed by atoms with E-state index < -0.39 is 6.10 Å². The predicted octanol–water partition coefficient (Wildman–Crippen LogP) is 4.32. The highest BCUT2D eigenvalue weighted by molar-refractivity contribution is 5.60. The summed E-state index contributed by atoms with van der Waals surface area (Å²) in [4.78, 5) is 8.97. The minimum atomic E-state index is -0.464. The zero-order valence-corrected chi connectivity index (χ0v) is 12.9. The summed E-state index contributed by atoms with van der Waals surface area (Å²) in [5.74, 6) is 0.692. The van der Waals surface area contributed by atoms with Crippen molar-refractivity contribution in [2.75, 3.05) is 0 Å². The third-order valence-electron chi connectivity index (χ3n) is 3.72. The SMILES string of the molecule is CCCCCc1cnc(-c2ccccc2C(O)CC)nc1. The molecule has 0 aliphatic rings. The summed E-state index contributed by atoms with van der Waals surface area (Å²) in [6, 6.07) is 7.82. The third-order valence-corrected chi connectivity index (χ3v) is 3.72. The van der Waals surface area contributed by atoms with Crippen molar-refractivity contribution in [3.63, 3.8) is 0 Å². The van der Waals surface area contributed by atoms with Gasteiger partial charge in [-0.2, -0.15) is 0 Å². The summed E-state index contributed by atoms with van der Waals surface area (Å²) in [5.41, 5.74) is 3.01. The van der Waals surface area contributed by atoms with Crippen molar-refractivity contribution in [2.45, 2.75) is 52.1 Å². The fourth-order valence-corrected chi connectivity index (χ4v) is 2.41. The second kappa shape index (κ2) is 7.89. The fraction of sp³-hybridized carbons (Fsp3) is 0.444. The Morgan fingerprint density at radius 3 is 2.43 bits per heavy atom. The molecule has 0 saturated carbocycles. The van der Waals surface area contributed by atoms with Crippen LogP contribution >= 0.6 is 0 Å². The molecule has 0 radical (unpaired) electrons. The van der Waals surface area contributed by atoms with Crippen LogP contribution in [0.3, 0.4) is 0 Å². The van der Waals surface area contributed by atoms with Crippen molar-refractivity contribution >= 4 is 0 Å². The lowest BCUT2D eigenvalue weighted by molar-refractivity contribution is 0.174. The summed E-state index contributed by atoms with van der Waals surface area (Å²) in [5, 5.41) is 10.1. The summed E-state index contributed by atoms with van der Waals surface area (Å²) in [7, 11) is 0. The van der Waals surface area contributed by atoms with E-state index in [2.05, 4.69) is 16.9 Å². The average molecular weight is 284 g/mol. The summed E-state index contributed by atoms with van der Waals surface area (Å²) >= 11 is 0. The van der Waals surface area contributed by atoms with Crippen LogP contribution in [-0.2, 0) is 6.42 Å². The smallest absolute Gasteiger partial charge is 0.159 e. The quantitative estimate of drug-likeness (QED) is 0.770. The van der Waals surface area contributed by atoms with Crippen LogP contribution in [0.5, 0.6) is 0 Å². The molecule has 2 aromatic rings. The maximum Gasteiger partial charge on any atom is 0.159 e. The lowest BCUT2D eigenvalue weighted by Gasteiger charge is -2.13. The number of hydrogen-bond donors (Lipinski definition) is 1. The lowest BCUT2D eigenvalue weighted by atomic mass is 10.00. The molecule has 2 rings (SSSR count). The van der Waals surface area contributed by atoms with Crippen LogP contribution in [-0.4, -0.2) is 15.1 Å². The van der Waals surface area contributed by atoms with Crippen molar-refractivity contribution in [2.24, 2.45) is 0 Å². The predicted molar refractivity (Wildman–Crippen MR) is 85.9 cm³/mol. The molecule has 0 amide bonds. The molecule has 0 bridgehead atoms. The molecule has 1 N–H and O–H groups in total. The molecule has 0 saturated heterocycles. The van der Waals surface area contributed by atoms with E-state index >= 15 is 0 Å². The molecule has 1 aromatic carbocycles. The molecule has 3 heteroatoms. The Morgan fingerprint density at radius 2 is 1.76 bits per heavy atom. The van der Waals surface area contributed by atoms with Gasteiger partial charge < -0.3 is 5.11 Å². The lowest BCUT2D eigenvalue weighted by Crippen LogP contribution is -2.01. The minimum absolute atomic E-state index is 0.464. The molecule has 0 aliphatic carbocycles. The van der Waals surface area contributed by atoms with Crippen LogP contribution in [0, 0.1) is 0 Å². The van der Waals surface area contributed by atoms with Gasteiger partial charge in [0, 0.05) is 18.0 Å². The first-order valence-electron chi connectivity index (χ1n) is 7.84. The van der Waals surface area contributed by atoms with Crippen LogP contribution in [0.1, 0.15) is 56.8 Å². The van der Waals surface area contributed by atoms with Crippen LogP contribution < -0.4 is 0 Å². The molecular weight excluding hydrogens is 260 g/mol. The second-order valence-electron chi connectivity index (χ2n) is 5.38. The van der Waals surface area contributed by atoms with Gasteiger partial charge in [0.15, 0.2) is 5.82 Å². The molecular formula is C18H24N2O. The third kappa shape index (κ3) is 4.11. The van der Waals surface area contributed by atoms with Crippen LogP contribution in [0.4, 0.5) is 0 Å². The zero-order chi connectivity index (χ0) is 15.1. The standard InChI is InChI=1S/C18H24N2O/c1-3-5-6-9-14-12-19-18(20-13-14)16-11-8-7-10-15(16)17(21)4-2/h7-8,10-13,17,21H,3-6,9H2,1-2H3. The topological polar surface area (TPSA) is 46.0 Å². The van der Waals surface area contributed by atoms with Gasteiger partial charge in [-0.3, -0.25) is 0 Å². The van der Waals surface area contributed by atoms with E-state index in [0.717, 1.165) is 17.5 Å². The second-order valence-corrected chi connectivity index (χ2v) is 5.38.